The molecule has 61 heavy (non-hydrogen) atoms. The van der Waals surface area contributed by atoms with Crippen LogP contribution in [0.2, 0.25) is 0 Å². The molecule has 14 unspecified atom stereocenters. The van der Waals surface area contributed by atoms with Crippen LogP contribution < -0.4 is 4.90 Å². The van der Waals surface area contributed by atoms with E-state index in [0.717, 1.165) is 50.8 Å². The molecule has 14 atom stereocenters. The molecule has 5 fully saturated rings. The topological polar surface area (TPSA) is 160 Å². The van der Waals surface area contributed by atoms with Gasteiger partial charge in [0, 0.05) is 35.2 Å². The van der Waals surface area contributed by atoms with Gasteiger partial charge in [-0.05, 0) is 136 Å². The molecule has 12 heteroatoms. The van der Waals surface area contributed by atoms with Crippen molar-refractivity contribution in [3.05, 3.63) is 60.2 Å². The predicted molar refractivity (Wildman–Crippen MR) is 237 cm³/mol. The van der Waals surface area contributed by atoms with E-state index in [-0.39, 0.29) is 11.9 Å². The molecule has 336 valence electrons. The molecule has 2 aromatic carbocycles. The number of hydrogen-bond donors (Lipinski definition) is 5. The number of aliphatic carboxylic acids is 2. The van der Waals surface area contributed by atoms with Crippen LogP contribution in [-0.2, 0) is 19.1 Å². The van der Waals surface area contributed by atoms with Gasteiger partial charge in [-0.15, -0.1) is 0 Å². The number of aliphatic hydroxyl groups excluding tert-OH is 3. The highest BCUT2D eigenvalue weighted by atomic mass is 32.2. The molecule has 0 amide bonds. The number of benzene rings is 2. The van der Waals surface area contributed by atoms with Gasteiger partial charge >= 0.3 is 11.9 Å². The summed E-state index contributed by atoms with van der Waals surface area (Å²) >= 11 is 1.88. The maximum atomic E-state index is 10.3. The zero-order valence-electron chi connectivity index (χ0n) is 37.2. The molecular weight excluding hydrogens is 793 g/mol. The van der Waals surface area contributed by atoms with Crippen LogP contribution in [0.1, 0.15) is 92.4 Å². The van der Waals surface area contributed by atoms with Crippen molar-refractivity contribution >= 4 is 35.1 Å². The molecule has 7 aliphatic rings. The van der Waals surface area contributed by atoms with Crippen LogP contribution in [0.3, 0.4) is 0 Å². The summed E-state index contributed by atoms with van der Waals surface area (Å²) in [6.07, 6.45) is 9.06. The van der Waals surface area contributed by atoms with Crippen LogP contribution in [0.4, 0.5) is 11.4 Å². The number of carboxylic acids is 2. The number of anilines is 2. The summed E-state index contributed by atoms with van der Waals surface area (Å²) in [7, 11) is 4.29. The quantitative estimate of drug-likeness (QED) is 0.171. The standard InChI is InChI=1S/C27H42O3.C18H22N2S.C4H6O6/c1-16-7-12-27(29-15-16)17(2)24-23(30-27)14-22-20-6-5-18-13-19(28)8-10-25(18,3)21(20)9-11-26(22,24)4;1-14(12-19(2)3)13-20-15-8-4-6-10-17(15)21-18-11-7-5-9-16(18)20;5-1(3(7)8)2(6)4(9)10/h9,16-20,22-24,28H,5-8,10-15H2,1-4H3;4-11,14H,12-13H2,1-3H3;1-2,5-6H,(H,7,8)(H,9,10). The predicted octanol–water partition coefficient (Wildman–Crippen LogP) is 8.08. The van der Waals surface area contributed by atoms with E-state index in [9.17, 15) is 14.7 Å². The summed E-state index contributed by atoms with van der Waals surface area (Å²) in [5.74, 6) is 0.760. The third kappa shape index (κ3) is 8.93. The van der Waals surface area contributed by atoms with Crippen LogP contribution >= 0.6 is 11.8 Å². The Balaban J connectivity index is 0.000000157. The smallest absolute Gasteiger partial charge is 0.335 e. The molecule has 0 radical (unpaired) electrons. The molecule has 3 aliphatic heterocycles. The van der Waals surface area contributed by atoms with Gasteiger partial charge in [0.15, 0.2) is 18.0 Å². The molecule has 4 aliphatic carbocycles. The van der Waals surface area contributed by atoms with Crippen molar-refractivity contribution in [2.24, 2.45) is 52.3 Å². The Morgan fingerprint density at radius 2 is 1.52 bits per heavy atom. The summed E-state index contributed by atoms with van der Waals surface area (Å²) in [4.78, 5) is 27.0. The first-order valence-electron chi connectivity index (χ1n) is 22.7. The lowest BCUT2D eigenvalue weighted by Gasteiger charge is -2.57. The fraction of sp³-hybridized carbons (Fsp3) is 0.673. The molecule has 1 spiro atoms. The van der Waals surface area contributed by atoms with Crippen LogP contribution in [0.5, 0.6) is 0 Å². The molecule has 2 saturated heterocycles. The van der Waals surface area contributed by atoms with E-state index in [0.29, 0.717) is 46.5 Å². The molecule has 0 aromatic heterocycles. The minimum Gasteiger partial charge on any atom is -0.479 e. The van der Waals surface area contributed by atoms with Crippen LogP contribution in [-0.4, -0.2) is 106 Å². The highest BCUT2D eigenvalue weighted by Crippen LogP contribution is 2.70. The van der Waals surface area contributed by atoms with Gasteiger partial charge in [0.25, 0.3) is 0 Å². The van der Waals surface area contributed by atoms with Gasteiger partial charge < -0.3 is 44.8 Å². The summed E-state index contributed by atoms with van der Waals surface area (Å²) in [6.45, 7) is 15.2. The summed E-state index contributed by atoms with van der Waals surface area (Å²) < 4.78 is 13.3. The Morgan fingerprint density at radius 1 is 0.902 bits per heavy atom. The highest BCUT2D eigenvalue weighted by molar-refractivity contribution is 7.99. The minimum atomic E-state index is -2.27. The van der Waals surface area contributed by atoms with E-state index in [1.165, 1.54) is 59.7 Å². The van der Waals surface area contributed by atoms with Crippen molar-refractivity contribution in [1.29, 1.82) is 0 Å². The largest absolute Gasteiger partial charge is 0.479 e. The van der Waals surface area contributed by atoms with Crippen LogP contribution in [0.15, 0.2) is 70.0 Å². The Labute approximate surface area is 366 Å². The first-order chi connectivity index (χ1) is 28.9. The normalized spacial score (nSPS) is 37.1. The fourth-order valence-electron chi connectivity index (χ4n) is 12.8. The average Bonchev–Trinajstić information content (AvgIpc) is 3.67. The second-order valence-corrected chi connectivity index (χ2v) is 21.3. The summed E-state index contributed by atoms with van der Waals surface area (Å²) in [5.41, 5.74) is 5.14. The lowest BCUT2D eigenvalue weighted by atomic mass is 9.48. The monoisotopic (exact) mass is 862 g/mol. The lowest BCUT2D eigenvalue weighted by Crippen LogP contribution is -2.50. The number of carboxylic acid groups (broad SMARTS) is 2. The average molecular weight is 863 g/mol. The number of fused-ring (bicyclic) bond motifs is 9. The number of nitrogens with zero attached hydrogens (tertiary/aromatic N) is 2. The molecule has 2 aromatic rings. The van der Waals surface area contributed by atoms with E-state index in [1.807, 2.05) is 11.8 Å². The number of ether oxygens (including phenoxy) is 2. The van der Waals surface area contributed by atoms with Crippen molar-refractivity contribution in [3.8, 4) is 0 Å². The number of hydrogen-bond acceptors (Lipinski definition) is 10. The number of aliphatic hydroxyl groups is 3. The van der Waals surface area contributed by atoms with Gasteiger partial charge in [0.05, 0.1) is 30.2 Å². The van der Waals surface area contributed by atoms with Crippen LogP contribution in [0.25, 0.3) is 0 Å². The van der Waals surface area contributed by atoms with Gasteiger partial charge in [0.1, 0.15) is 0 Å². The Bertz CT molecular complexity index is 1850. The molecule has 0 bridgehead atoms. The zero-order chi connectivity index (χ0) is 44.0. The second kappa shape index (κ2) is 18.3. The van der Waals surface area contributed by atoms with E-state index >= 15 is 0 Å². The van der Waals surface area contributed by atoms with Crippen LogP contribution in [0, 0.1) is 52.3 Å². The Morgan fingerprint density at radius 3 is 2.10 bits per heavy atom. The van der Waals surface area contributed by atoms with Gasteiger partial charge in [-0.1, -0.05) is 82.3 Å². The third-order valence-electron chi connectivity index (χ3n) is 15.8. The van der Waals surface area contributed by atoms with Crippen molar-refractivity contribution in [2.75, 3.05) is 38.7 Å². The first-order valence-corrected chi connectivity index (χ1v) is 23.5. The Hall–Kier alpha value is -2.97. The van der Waals surface area contributed by atoms with E-state index < -0.39 is 24.1 Å². The number of carbonyl (C=O) groups is 2. The third-order valence-corrected chi connectivity index (χ3v) is 16.9. The number of allylic oxidation sites excluding steroid dienone is 2. The minimum absolute atomic E-state index is 0.0661. The van der Waals surface area contributed by atoms with E-state index in [1.54, 1.807) is 5.57 Å². The fourth-order valence-corrected chi connectivity index (χ4v) is 13.9. The first kappa shape index (κ1) is 46.0. The molecule has 11 nitrogen and oxygen atoms in total. The van der Waals surface area contributed by atoms with Gasteiger partial charge in [-0.25, -0.2) is 9.59 Å². The van der Waals surface area contributed by atoms with Gasteiger partial charge in [-0.2, -0.15) is 0 Å². The van der Waals surface area contributed by atoms with E-state index in [2.05, 4.69) is 113 Å². The van der Waals surface area contributed by atoms with Crippen molar-refractivity contribution in [2.45, 2.75) is 132 Å². The van der Waals surface area contributed by atoms with Crippen molar-refractivity contribution < 1.29 is 44.6 Å². The molecular formula is C49H70N2O9S. The van der Waals surface area contributed by atoms with E-state index in [4.69, 9.17) is 29.9 Å². The lowest BCUT2D eigenvalue weighted by molar-refractivity contribution is -0.272. The van der Waals surface area contributed by atoms with Gasteiger partial charge in [0.2, 0.25) is 0 Å². The molecule has 3 heterocycles. The SMILES string of the molecule is CC(CN(C)C)CN1c2ccccc2Sc2ccccc21.CC1CCC2(OC1)OC1CC3C4CCC5CC(O)CCC5(C)C4=CCC3(C)C1C2C.O=C(O)C(O)C(O)C(=O)O. The number of para-hydroxylation sites is 2. The number of rotatable bonds is 7. The second-order valence-electron chi connectivity index (χ2n) is 20.3. The summed E-state index contributed by atoms with van der Waals surface area (Å²) in [5, 5.41) is 42.8. The van der Waals surface area contributed by atoms with Crippen molar-refractivity contribution in [3.63, 3.8) is 0 Å². The highest BCUT2D eigenvalue weighted by Gasteiger charge is 2.68. The van der Waals surface area contributed by atoms with Gasteiger partial charge in [-0.3, -0.25) is 0 Å². The maximum absolute atomic E-state index is 10.3. The summed E-state index contributed by atoms with van der Waals surface area (Å²) in [6, 6.07) is 17.4. The molecule has 9 rings (SSSR count). The molecule has 3 saturated carbocycles. The van der Waals surface area contributed by atoms with Crippen molar-refractivity contribution in [1.82, 2.24) is 4.90 Å². The maximum Gasteiger partial charge on any atom is 0.335 e. The Kier molecular flexibility index (Phi) is 13.8. The molecule has 5 N–H and O–H groups in total. The zero-order valence-corrected chi connectivity index (χ0v) is 38.0.